The van der Waals surface area contributed by atoms with E-state index in [2.05, 4.69) is 26.0 Å². The van der Waals surface area contributed by atoms with E-state index in [0.717, 1.165) is 49.6 Å². The first-order chi connectivity index (χ1) is 14.1. The molecule has 1 amide bonds. The minimum atomic E-state index is -0.183. The quantitative estimate of drug-likeness (QED) is 0.439. The van der Waals surface area contributed by atoms with Gasteiger partial charge in [0.1, 0.15) is 0 Å². The van der Waals surface area contributed by atoms with Crippen LogP contribution in [0.15, 0.2) is 6.20 Å². The Balaban J connectivity index is 0.00000240. The maximum absolute atomic E-state index is 12.5. The number of halogens is 3. The van der Waals surface area contributed by atoms with E-state index in [9.17, 15) is 4.79 Å². The van der Waals surface area contributed by atoms with Gasteiger partial charge in [-0.1, -0.05) is 30.9 Å². The van der Waals surface area contributed by atoms with Gasteiger partial charge in [0.25, 0.3) is 5.91 Å². The van der Waals surface area contributed by atoms with E-state index in [0.29, 0.717) is 22.8 Å². The monoisotopic (exact) mass is 492 g/mol. The smallest absolute Gasteiger partial charge is 0.254 e. The summed E-state index contributed by atoms with van der Waals surface area (Å²) in [6, 6.07) is 0.719. The van der Waals surface area contributed by atoms with Gasteiger partial charge in [0.2, 0.25) is 0 Å². The number of pyridine rings is 1. The number of rotatable bonds is 10. The van der Waals surface area contributed by atoms with Crippen LogP contribution in [0.5, 0.6) is 0 Å². The molecule has 1 aliphatic rings. The number of aromatic nitrogens is 3. The highest BCUT2D eigenvalue weighted by atomic mass is 35.5. The Labute approximate surface area is 202 Å². The Bertz CT molecular complexity index is 823. The number of hydrogen-bond donors (Lipinski definition) is 3. The van der Waals surface area contributed by atoms with Gasteiger partial charge in [0, 0.05) is 38.9 Å². The SMILES string of the molecule is Cc1nn(C)c2ncc(C(=O)NCCCCNCCNC3CCCCC3)c(Cl)c12.Cl.Cl. The first-order valence-electron chi connectivity index (χ1n) is 10.8. The van der Waals surface area contributed by atoms with Gasteiger partial charge in [-0.05, 0) is 39.2 Å². The number of fused-ring (bicyclic) bond motifs is 1. The van der Waals surface area contributed by atoms with Gasteiger partial charge >= 0.3 is 0 Å². The van der Waals surface area contributed by atoms with E-state index in [1.165, 1.54) is 38.3 Å². The van der Waals surface area contributed by atoms with Crippen LogP contribution >= 0.6 is 36.4 Å². The lowest BCUT2D eigenvalue weighted by Gasteiger charge is -2.22. The Morgan fingerprint density at radius 2 is 1.84 bits per heavy atom. The summed E-state index contributed by atoms with van der Waals surface area (Å²) in [6.45, 7) is 5.49. The average Bonchev–Trinajstić information content (AvgIpc) is 3.02. The number of nitrogens with zero attached hydrogens (tertiary/aromatic N) is 3. The van der Waals surface area contributed by atoms with E-state index < -0.39 is 0 Å². The summed E-state index contributed by atoms with van der Waals surface area (Å²) in [7, 11) is 1.82. The first kappa shape index (κ1) is 27.9. The standard InChI is InChI=1S/C21H33ClN6O.2ClH/c1-15-18-19(22)17(14-26-20(18)28(2)27-15)21(29)25-11-7-6-10-23-12-13-24-16-8-4-3-5-9-16;;/h14,16,23-24H,3-13H2,1-2H3,(H,25,29);2*1H. The molecule has 3 rings (SSSR count). The summed E-state index contributed by atoms with van der Waals surface area (Å²) >= 11 is 6.45. The van der Waals surface area contributed by atoms with Crippen molar-refractivity contribution in [2.45, 2.75) is 57.9 Å². The number of amides is 1. The van der Waals surface area contributed by atoms with Crippen LogP contribution in [0.4, 0.5) is 0 Å². The van der Waals surface area contributed by atoms with Crippen LogP contribution in [0.1, 0.15) is 61.0 Å². The predicted molar refractivity (Wildman–Crippen MR) is 132 cm³/mol. The van der Waals surface area contributed by atoms with Crippen LogP contribution in [-0.4, -0.2) is 52.9 Å². The fourth-order valence-corrected chi connectivity index (χ4v) is 4.35. The van der Waals surface area contributed by atoms with Gasteiger partial charge in [-0.3, -0.25) is 9.48 Å². The normalized spacial score (nSPS) is 14.2. The largest absolute Gasteiger partial charge is 0.352 e. The molecule has 31 heavy (non-hydrogen) atoms. The van der Waals surface area contributed by atoms with Crippen molar-refractivity contribution in [3.05, 3.63) is 22.5 Å². The Morgan fingerprint density at radius 3 is 2.58 bits per heavy atom. The Hall–Kier alpha value is -1.12. The molecule has 0 saturated heterocycles. The summed E-state index contributed by atoms with van der Waals surface area (Å²) in [5.41, 5.74) is 1.87. The second-order valence-electron chi connectivity index (χ2n) is 7.90. The molecular weight excluding hydrogens is 459 g/mol. The van der Waals surface area contributed by atoms with Gasteiger partial charge in [-0.2, -0.15) is 5.10 Å². The number of carbonyl (C=O) groups excluding carboxylic acids is 1. The molecule has 0 radical (unpaired) electrons. The van der Waals surface area contributed by atoms with Gasteiger partial charge < -0.3 is 16.0 Å². The molecule has 1 fully saturated rings. The molecule has 10 heteroatoms. The molecule has 2 heterocycles. The minimum absolute atomic E-state index is 0. The molecule has 0 bridgehead atoms. The van der Waals surface area contributed by atoms with Crippen molar-refractivity contribution in [3.63, 3.8) is 0 Å². The summed E-state index contributed by atoms with van der Waals surface area (Å²) in [5, 5.41) is 15.5. The molecule has 0 spiro atoms. The lowest BCUT2D eigenvalue weighted by molar-refractivity contribution is 0.0953. The van der Waals surface area contributed by atoms with Crippen molar-refractivity contribution in [3.8, 4) is 0 Å². The maximum atomic E-state index is 12.5. The van der Waals surface area contributed by atoms with Crippen molar-refractivity contribution >= 4 is 53.4 Å². The van der Waals surface area contributed by atoms with Crippen LogP contribution in [0, 0.1) is 6.92 Å². The van der Waals surface area contributed by atoms with Gasteiger partial charge in [-0.15, -0.1) is 24.8 Å². The second-order valence-corrected chi connectivity index (χ2v) is 8.27. The molecular formula is C21H35Cl3N6O. The van der Waals surface area contributed by atoms with Gasteiger partial charge in [0.05, 0.1) is 21.7 Å². The topological polar surface area (TPSA) is 83.9 Å². The van der Waals surface area contributed by atoms with E-state index in [-0.39, 0.29) is 30.7 Å². The van der Waals surface area contributed by atoms with Gasteiger partial charge in [0.15, 0.2) is 5.65 Å². The van der Waals surface area contributed by atoms with Crippen molar-refractivity contribution in [2.75, 3.05) is 26.2 Å². The van der Waals surface area contributed by atoms with Crippen LogP contribution < -0.4 is 16.0 Å². The zero-order valence-corrected chi connectivity index (χ0v) is 20.8. The van der Waals surface area contributed by atoms with Crippen LogP contribution in [0.2, 0.25) is 5.02 Å². The lowest BCUT2D eigenvalue weighted by atomic mass is 9.95. The first-order valence-corrected chi connectivity index (χ1v) is 11.2. The number of unbranched alkanes of at least 4 members (excludes halogenated alkanes) is 1. The van der Waals surface area contributed by atoms with Gasteiger partial charge in [-0.25, -0.2) is 4.98 Å². The Morgan fingerprint density at radius 1 is 1.13 bits per heavy atom. The summed E-state index contributed by atoms with van der Waals surface area (Å²) in [5.74, 6) is -0.183. The van der Waals surface area contributed by atoms with E-state index in [1.807, 2.05) is 14.0 Å². The zero-order valence-electron chi connectivity index (χ0n) is 18.4. The Kier molecular flexibility index (Phi) is 12.7. The highest BCUT2D eigenvalue weighted by Gasteiger charge is 2.18. The minimum Gasteiger partial charge on any atom is -0.352 e. The fourth-order valence-electron chi connectivity index (χ4n) is 3.99. The molecule has 0 aromatic carbocycles. The fraction of sp³-hybridized carbons (Fsp3) is 0.667. The lowest BCUT2D eigenvalue weighted by Crippen LogP contribution is -2.36. The molecule has 0 unspecified atom stereocenters. The molecule has 2 aromatic rings. The van der Waals surface area contributed by atoms with E-state index >= 15 is 0 Å². The maximum Gasteiger partial charge on any atom is 0.254 e. The molecule has 1 aliphatic carbocycles. The molecule has 2 aromatic heterocycles. The third-order valence-electron chi connectivity index (χ3n) is 5.61. The molecule has 3 N–H and O–H groups in total. The zero-order chi connectivity index (χ0) is 20.6. The van der Waals surface area contributed by atoms with Crippen molar-refractivity contribution < 1.29 is 4.79 Å². The molecule has 0 aliphatic heterocycles. The summed E-state index contributed by atoms with van der Waals surface area (Å²) in [6.07, 6.45) is 10.3. The highest BCUT2D eigenvalue weighted by Crippen LogP contribution is 2.27. The second kappa shape index (κ2) is 14.1. The molecule has 0 atom stereocenters. The van der Waals surface area contributed by atoms with E-state index in [4.69, 9.17) is 11.6 Å². The summed E-state index contributed by atoms with van der Waals surface area (Å²) < 4.78 is 1.68. The molecule has 176 valence electrons. The van der Waals surface area contributed by atoms with Crippen LogP contribution in [0.3, 0.4) is 0 Å². The van der Waals surface area contributed by atoms with Crippen molar-refractivity contribution in [2.24, 2.45) is 7.05 Å². The third kappa shape index (κ3) is 7.75. The number of hydrogen-bond acceptors (Lipinski definition) is 5. The van der Waals surface area contributed by atoms with Crippen LogP contribution in [-0.2, 0) is 7.05 Å². The number of aryl methyl sites for hydroxylation is 2. The number of carbonyl (C=O) groups is 1. The molecule has 1 saturated carbocycles. The third-order valence-corrected chi connectivity index (χ3v) is 6.01. The predicted octanol–water partition coefficient (Wildman–Crippen LogP) is 3.80. The van der Waals surface area contributed by atoms with Crippen LogP contribution in [0.25, 0.3) is 11.0 Å². The molecule has 7 nitrogen and oxygen atoms in total. The number of nitrogens with one attached hydrogen (secondary N) is 3. The van der Waals surface area contributed by atoms with E-state index in [1.54, 1.807) is 4.68 Å². The summed E-state index contributed by atoms with van der Waals surface area (Å²) in [4.78, 5) is 16.8. The average molecular weight is 494 g/mol. The van der Waals surface area contributed by atoms with Crippen molar-refractivity contribution in [1.29, 1.82) is 0 Å². The van der Waals surface area contributed by atoms with Crippen molar-refractivity contribution in [1.82, 2.24) is 30.7 Å². The highest BCUT2D eigenvalue weighted by molar-refractivity contribution is 6.38.